The van der Waals surface area contributed by atoms with Gasteiger partial charge in [-0.05, 0) is 38.0 Å². The lowest BCUT2D eigenvalue weighted by Gasteiger charge is -2.24. The maximum atomic E-state index is 12.1. The first-order chi connectivity index (χ1) is 10.7. The Labute approximate surface area is 137 Å². The fourth-order valence-electron chi connectivity index (χ4n) is 2.13. The summed E-state index contributed by atoms with van der Waals surface area (Å²) in [5, 5.41) is 8.85. The number of sulfone groups is 1. The summed E-state index contributed by atoms with van der Waals surface area (Å²) < 4.78 is 23.5. The summed E-state index contributed by atoms with van der Waals surface area (Å²) in [6.45, 7) is 4.81. The predicted octanol–water partition coefficient (Wildman–Crippen LogP) is 1.73. The van der Waals surface area contributed by atoms with E-state index < -0.39 is 15.8 Å². The average Bonchev–Trinajstić information content (AvgIpc) is 2.50. The smallest absolute Gasteiger partial charge is 0.323 e. The summed E-state index contributed by atoms with van der Waals surface area (Å²) in [5.74, 6) is -1.22. The van der Waals surface area contributed by atoms with Gasteiger partial charge >= 0.3 is 5.97 Å². The topological polar surface area (TPSA) is 91.8 Å². The molecule has 0 saturated carbocycles. The van der Waals surface area contributed by atoms with Crippen molar-refractivity contribution in [3.8, 4) is 0 Å². The monoisotopic (exact) mass is 341 g/mol. The number of nitrogens with zero attached hydrogens (tertiary/aromatic N) is 1. The van der Waals surface area contributed by atoms with Gasteiger partial charge in [-0.25, -0.2) is 8.42 Å². The maximum absolute atomic E-state index is 12.1. The van der Waals surface area contributed by atoms with Gasteiger partial charge in [-0.1, -0.05) is 19.1 Å². The Morgan fingerprint density at radius 2 is 1.74 bits per heavy atom. The van der Waals surface area contributed by atoms with Gasteiger partial charge in [-0.2, -0.15) is 0 Å². The zero-order valence-electron chi connectivity index (χ0n) is 13.7. The first-order valence-electron chi connectivity index (χ1n) is 7.50. The van der Waals surface area contributed by atoms with E-state index >= 15 is 0 Å². The molecule has 0 aromatic heterocycles. The van der Waals surface area contributed by atoms with Gasteiger partial charge in [-0.3, -0.25) is 9.59 Å². The van der Waals surface area contributed by atoms with Crippen LogP contribution in [0.4, 0.5) is 0 Å². The van der Waals surface area contributed by atoms with E-state index in [1.165, 1.54) is 17.0 Å². The van der Waals surface area contributed by atoms with Crippen LogP contribution in [0.2, 0.25) is 0 Å². The number of carboxylic acids is 1. The van der Waals surface area contributed by atoms with Gasteiger partial charge < -0.3 is 10.0 Å². The van der Waals surface area contributed by atoms with Crippen molar-refractivity contribution >= 4 is 21.7 Å². The second-order valence-electron chi connectivity index (χ2n) is 5.56. The van der Waals surface area contributed by atoms with Crippen LogP contribution in [0.1, 0.15) is 32.8 Å². The molecule has 0 aliphatic carbocycles. The minimum absolute atomic E-state index is 0.0450. The molecule has 0 atom stereocenters. The fraction of sp³-hybridized carbons (Fsp3) is 0.500. The number of aryl methyl sites for hydroxylation is 1. The van der Waals surface area contributed by atoms with E-state index in [0.29, 0.717) is 6.42 Å². The second-order valence-corrected chi connectivity index (χ2v) is 7.83. The second kappa shape index (κ2) is 8.10. The highest BCUT2D eigenvalue weighted by Crippen LogP contribution is 2.14. The normalized spacial score (nSPS) is 11.5. The molecule has 0 fully saturated rings. The molecule has 0 heterocycles. The molecule has 0 unspecified atom stereocenters. The largest absolute Gasteiger partial charge is 0.480 e. The van der Waals surface area contributed by atoms with E-state index in [1.807, 2.05) is 0 Å². The van der Waals surface area contributed by atoms with Crippen LogP contribution in [0.3, 0.4) is 0 Å². The summed E-state index contributed by atoms with van der Waals surface area (Å²) in [7, 11) is -3.22. The summed E-state index contributed by atoms with van der Waals surface area (Å²) in [6.07, 6.45) is 0.624. The van der Waals surface area contributed by atoms with Crippen molar-refractivity contribution in [2.75, 3.05) is 12.3 Å². The van der Waals surface area contributed by atoms with E-state index in [-0.39, 0.29) is 35.6 Å². The molecular weight excluding hydrogens is 318 g/mol. The molecule has 0 spiro atoms. The van der Waals surface area contributed by atoms with Crippen molar-refractivity contribution in [2.45, 2.75) is 44.6 Å². The molecule has 128 valence electrons. The van der Waals surface area contributed by atoms with Crippen molar-refractivity contribution in [1.82, 2.24) is 4.90 Å². The SMILES string of the molecule is CCS(=O)(=O)c1ccc(CCC(=O)N(CC(=O)O)C(C)C)cc1. The van der Waals surface area contributed by atoms with Crippen LogP contribution >= 0.6 is 0 Å². The lowest BCUT2D eigenvalue weighted by molar-refractivity contribution is -0.145. The van der Waals surface area contributed by atoms with Gasteiger partial charge in [0.15, 0.2) is 9.84 Å². The summed E-state index contributed by atoms with van der Waals surface area (Å²) in [5.41, 5.74) is 0.840. The minimum atomic E-state index is -3.22. The number of amides is 1. The molecule has 0 aliphatic heterocycles. The minimum Gasteiger partial charge on any atom is -0.480 e. The Morgan fingerprint density at radius 3 is 2.17 bits per heavy atom. The maximum Gasteiger partial charge on any atom is 0.323 e. The zero-order valence-corrected chi connectivity index (χ0v) is 14.5. The van der Waals surface area contributed by atoms with Gasteiger partial charge in [0.05, 0.1) is 10.6 Å². The quantitative estimate of drug-likeness (QED) is 0.777. The van der Waals surface area contributed by atoms with E-state index in [2.05, 4.69) is 0 Å². The molecule has 23 heavy (non-hydrogen) atoms. The zero-order chi connectivity index (χ0) is 17.6. The first-order valence-corrected chi connectivity index (χ1v) is 9.15. The highest BCUT2D eigenvalue weighted by molar-refractivity contribution is 7.91. The van der Waals surface area contributed by atoms with Crippen LogP contribution in [-0.4, -0.2) is 48.6 Å². The number of hydrogen-bond donors (Lipinski definition) is 1. The van der Waals surface area contributed by atoms with E-state index in [4.69, 9.17) is 5.11 Å². The molecular formula is C16H23NO5S. The third-order valence-corrected chi connectivity index (χ3v) is 5.29. The lowest BCUT2D eigenvalue weighted by Crippen LogP contribution is -2.40. The third kappa shape index (κ3) is 5.67. The van der Waals surface area contributed by atoms with Gasteiger partial charge in [0.2, 0.25) is 5.91 Å². The highest BCUT2D eigenvalue weighted by atomic mass is 32.2. The van der Waals surface area contributed by atoms with Crippen LogP contribution in [0.25, 0.3) is 0 Å². The van der Waals surface area contributed by atoms with Crippen LogP contribution in [0.5, 0.6) is 0 Å². The number of carbonyl (C=O) groups is 2. The number of carboxylic acid groups (broad SMARTS) is 1. The Hall–Kier alpha value is -1.89. The van der Waals surface area contributed by atoms with Crippen LogP contribution < -0.4 is 0 Å². The fourth-order valence-corrected chi connectivity index (χ4v) is 3.01. The summed E-state index contributed by atoms with van der Waals surface area (Å²) >= 11 is 0. The van der Waals surface area contributed by atoms with Crippen molar-refractivity contribution in [2.24, 2.45) is 0 Å². The molecule has 0 bridgehead atoms. The van der Waals surface area contributed by atoms with E-state index in [1.54, 1.807) is 32.9 Å². The number of hydrogen-bond acceptors (Lipinski definition) is 4. The molecule has 0 aliphatic rings. The number of carbonyl (C=O) groups excluding carboxylic acids is 1. The van der Waals surface area contributed by atoms with E-state index in [9.17, 15) is 18.0 Å². The third-order valence-electron chi connectivity index (χ3n) is 3.54. The Kier molecular flexibility index (Phi) is 6.75. The first kappa shape index (κ1) is 19.2. The Balaban J connectivity index is 2.70. The average molecular weight is 341 g/mol. The van der Waals surface area contributed by atoms with Gasteiger partial charge in [0.25, 0.3) is 0 Å². The van der Waals surface area contributed by atoms with Gasteiger partial charge in [0, 0.05) is 12.5 Å². The summed E-state index contributed by atoms with van der Waals surface area (Å²) in [6, 6.07) is 6.27. The van der Waals surface area contributed by atoms with Gasteiger partial charge in [-0.15, -0.1) is 0 Å². The highest BCUT2D eigenvalue weighted by Gasteiger charge is 2.19. The van der Waals surface area contributed by atoms with Crippen molar-refractivity contribution < 1.29 is 23.1 Å². The van der Waals surface area contributed by atoms with Crippen molar-refractivity contribution in [3.05, 3.63) is 29.8 Å². The Morgan fingerprint density at radius 1 is 1.17 bits per heavy atom. The molecule has 6 nitrogen and oxygen atoms in total. The number of aliphatic carboxylic acids is 1. The van der Waals surface area contributed by atoms with Crippen molar-refractivity contribution in [1.29, 1.82) is 0 Å². The molecule has 7 heteroatoms. The molecule has 1 aromatic rings. The molecule has 1 rings (SSSR count). The molecule has 0 radical (unpaired) electrons. The molecule has 1 aromatic carbocycles. The number of rotatable bonds is 8. The van der Waals surface area contributed by atoms with Crippen molar-refractivity contribution in [3.63, 3.8) is 0 Å². The van der Waals surface area contributed by atoms with Crippen LogP contribution in [0.15, 0.2) is 29.2 Å². The van der Waals surface area contributed by atoms with E-state index in [0.717, 1.165) is 5.56 Å². The standard InChI is InChI=1S/C16H23NO5S/c1-4-23(21,22)14-8-5-13(6-9-14)7-10-15(18)17(12(2)3)11-16(19)20/h5-6,8-9,12H,4,7,10-11H2,1-3H3,(H,19,20). The molecule has 1 amide bonds. The number of benzene rings is 1. The summed E-state index contributed by atoms with van der Waals surface area (Å²) in [4.78, 5) is 24.5. The van der Waals surface area contributed by atoms with Gasteiger partial charge in [0.1, 0.15) is 6.54 Å². The predicted molar refractivity (Wildman–Crippen MR) is 87.0 cm³/mol. The molecule has 1 N–H and O–H groups in total. The Bertz CT molecular complexity index is 650. The molecule has 0 saturated heterocycles. The van der Waals surface area contributed by atoms with Crippen LogP contribution in [0, 0.1) is 0 Å². The van der Waals surface area contributed by atoms with Crippen LogP contribution in [-0.2, 0) is 25.8 Å². The lowest BCUT2D eigenvalue weighted by atomic mass is 10.1.